The molecule has 1 aromatic rings. The van der Waals surface area contributed by atoms with Crippen molar-refractivity contribution >= 4 is 27.2 Å². The fourth-order valence-corrected chi connectivity index (χ4v) is 7.45. The van der Waals surface area contributed by atoms with Crippen molar-refractivity contribution in [3.63, 3.8) is 0 Å². The van der Waals surface area contributed by atoms with E-state index in [2.05, 4.69) is 0 Å². The Morgan fingerprint density at radius 1 is 1.17 bits per heavy atom. The van der Waals surface area contributed by atoms with Gasteiger partial charge in [-0.15, -0.1) is 0 Å². The Morgan fingerprint density at radius 2 is 1.77 bits per heavy atom. The van der Waals surface area contributed by atoms with Crippen molar-refractivity contribution in [1.29, 1.82) is 0 Å². The van der Waals surface area contributed by atoms with Crippen LogP contribution in [0.4, 0.5) is 4.39 Å². The monoisotopic (exact) mass is 458 g/mol. The fraction of sp³-hybridized carbons (Fsp3) is 0.682. The van der Waals surface area contributed by atoms with E-state index in [1.54, 1.807) is 0 Å². The maximum absolute atomic E-state index is 14.6. The summed E-state index contributed by atoms with van der Waals surface area (Å²) in [7, 11) is -2.31. The van der Waals surface area contributed by atoms with Crippen LogP contribution in [0.15, 0.2) is 12.1 Å². The normalized spacial score (nSPS) is 29.9. The lowest BCUT2D eigenvalue weighted by Crippen LogP contribution is -2.48. The molecule has 8 heteroatoms. The highest BCUT2D eigenvalue weighted by molar-refractivity contribution is 7.92. The van der Waals surface area contributed by atoms with Crippen molar-refractivity contribution in [2.75, 3.05) is 31.8 Å². The minimum absolute atomic E-state index is 0.0179. The second-order valence-electron chi connectivity index (χ2n) is 9.48. The Bertz CT molecular complexity index is 894. The largest absolute Gasteiger partial charge is 0.491 e. The van der Waals surface area contributed by atoms with E-state index >= 15 is 0 Å². The third-order valence-electron chi connectivity index (χ3n) is 6.97. The van der Waals surface area contributed by atoms with Gasteiger partial charge < -0.3 is 9.47 Å². The summed E-state index contributed by atoms with van der Waals surface area (Å²) in [5.74, 6) is -0.145. The van der Waals surface area contributed by atoms with Gasteiger partial charge >= 0.3 is 0 Å². The standard InChI is InChI=1S/C22H28ClFO5S/c1-28-2-3-30(26,27)12-20(25)17-7-18(23)21(8-19(17)24)29-13-22-9-14-4-15(10-22)6-16(5-14)11-22/h7-8,14-16H,2-6,9-13H2,1H3. The van der Waals surface area contributed by atoms with Gasteiger partial charge in [0.1, 0.15) is 17.3 Å². The first kappa shape index (κ1) is 22.0. The van der Waals surface area contributed by atoms with Gasteiger partial charge in [-0.1, -0.05) is 11.6 Å². The minimum Gasteiger partial charge on any atom is -0.491 e. The zero-order valence-corrected chi connectivity index (χ0v) is 18.7. The Balaban J connectivity index is 1.43. The summed E-state index contributed by atoms with van der Waals surface area (Å²) in [6.07, 6.45) is 7.48. The highest BCUT2D eigenvalue weighted by Gasteiger charge is 2.51. The van der Waals surface area contributed by atoms with Crippen molar-refractivity contribution in [3.8, 4) is 5.75 Å². The van der Waals surface area contributed by atoms with Gasteiger partial charge in [0.2, 0.25) is 0 Å². The van der Waals surface area contributed by atoms with Crippen LogP contribution >= 0.6 is 11.6 Å². The molecule has 0 saturated heterocycles. The van der Waals surface area contributed by atoms with Gasteiger partial charge in [0.15, 0.2) is 15.6 Å². The molecule has 30 heavy (non-hydrogen) atoms. The Hall–Kier alpha value is -1.18. The number of halogens is 2. The summed E-state index contributed by atoms with van der Waals surface area (Å²) in [5, 5.41) is 0.124. The second kappa shape index (κ2) is 8.40. The van der Waals surface area contributed by atoms with Crippen LogP contribution in [0.25, 0.3) is 0 Å². The van der Waals surface area contributed by atoms with Gasteiger partial charge in [-0.05, 0) is 62.3 Å². The quantitative estimate of drug-likeness (QED) is 0.515. The Morgan fingerprint density at radius 3 is 2.33 bits per heavy atom. The van der Waals surface area contributed by atoms with Gasteiger partial charge in [0, 0.05) is 18.6 Å². The molecule has 0 heterocycles. The maximum atomic E-state index is 14.6. The van der Waals surface area contributed by atoms with Gasteiger partial charge in [-0.25, -0.2) is 12.8 Å². The molecule has 0 aliphatic heterocycles. The smallest absolute Gasteiger partial charge is 0.180 e. The maximum Gasteiger partial charge on any atom is 0.180 e. The Kier molecular flexibility index (Phi) is 6.17. The lowest BCUT2D eigenvalue weighted by Gasteiger charge is -2.56. The zero-order valence-electron chi connectivity index (χ0n) is 17.2. The van der Waals surface area contributed by atoms with E-state index in [4.69, 9.17) is 21.1 Å². The molecule has 0 atom stereocenters. The van der Waals surface area contributed by atoms with Crippen LogP contribution in [-0.4, -0.2) is 46.0 Å². The first-order chi connectivity index (χ1) is 14.2. The average molecular weight is 459 g/mol. The second-order valence-corrected chi connectivity index (χ2v) is 12.1. The molecule has 4 bridgehead atoms. The topological polar surface area (TPSA) is 69.7 Å². The molecule has 0 spiro atoms. The molecule has 4 aliphatic carbocycles. The van der Waals surface area contributed by atoms with Crippen molar-refractivity contribution in [2.45, 2.75) is 38.5 Å². The number of benzene rings is 1. The number of carbonyl (C=O) groups is 1. The predicted molar refractivity (Wildman–Crippen MR) is 112 cm³/mol. The van der Waals surface area contributed by atoms with Crippen molar-refractivity contribution in [3.05, 3.63) is 28.5 Å². The van der Waals surface area contributed by atoms with E-state index in [0.717, 1.165) is 43.1 Å². The third kappa shape index (κ3) is 4.68. The molecule has 0 aromatic heterocycles. The van der Waals surface area contributed by atoms with Crippen LogP contribution in [0, 0.1) is 29.0 Å². The van der Waals surface area contributed by atoms with Crippen LogP contribution in [-0.2, 0) is 14.6 Å². The van der Waals surface area contributed by atoms with Gasteiger partial charge in [0.25, 0.3) is 0 Å². The van der Waals surface area contributed by atoms with Gasteiger partial charge in [0.05, 0.1) is 29.6 Å². The molecule has 4 fully saturated rings. The van der Waals surface area contributed by atoms with Crippen molar-refractivity contribution in [2.24, 2.45) is 23.2 Å². The van der Waals surface area contributed by atoms with Crippen LogP contribution in [0.2, 0.25) is 5.02 Å². The SMILES string of the molecule is COCCS(=O)(=O)CC(=O)c1cc(Cl)c(OCC23CC4CC(CC(C4)C2)C3)cc1F. The molecule has 5 nitrogen and oxygen atoms in total. The number of hydrogen-bond acceptors (Lipinski definition) is 5. The summed E-state index contributed by atoms with van der Waals surface area (Å²) in [6, 6.07) is 2.29. The molecular weight excluding hydrogens is 431 g/mol. The molecule has 1 aromatic carbocycles. The van der Waals surface area contributed by atoms with E-state index in [1.807, 2.05) is 0 Å². The summed E-state index contributed by atoms with van der Waals surface area (Å²) >= 11 is 6.27. The van der Waals surface area contributed by atoms with Crippen LogP contribution in [0.1, 0.15) is 48.9 Å². The highest BCUT2D eigenvalue weighted by atomic mass is 35.5. The van der Waals surface area contributed by atoms with E-state index in [9.17, 15) is 17.6 Å². The third-order valence-corrected chi connectivity index (χ3v) is 8.76. The number of rotatable bonds is 9. The highest BCUT2D eigenvalue weighted by Crippen LogP contribution is 2.60. The number of ether oxygens (including phenoxy) is 2. The van der Waals surface area contributed by atoms with E-state index < -0.39 is 27.2 Å². The number of carbonyl (C=O) groups excluding carboxylic acids is 1. The summed E-state index contributed by atoms with van der Waals surface area (Å²) in [4.78, 5) is 12.3. The van der Waals surface area contributed by atoms with E-state index in [0.29, 0.717) is 6.61 Å². The number of sulfone groups is 1. The number of hydrogen-bond donors (Lipinski definition) is 0. The first-order valence-corrected chi connectivity index (χ1v) is 12.7. The number of methoxy groups -OCH3 is 1. The lowest BCUT2D eigenvalue weighted by molar-refractivity contribution is -0.0745. The first-order valence-electron chi connectivity index (χ1n) is 10.5. The van der Waals surface area contributed by atoms with Crippen molar-refractivity contribution < 1.29 is 27.1 Å². The molecule has 5 rings (SSSR count). The zero-order chi connectivity index (χ0) is 21.5. The van der Waals surface area contributed by atoms with Crippen LogP contribution in [0.5, 0.6) is 5.75 Å². The van der Waals surface area contributed by atoms with Crippen LogP contribution < -0.4 is 4.74 Å². The van der Waals surface area contributed by atoms with Crippen molar-refractivity contribution in [1.82, 2.24) is 0 Å². The summed E-state index contributed by atoms with van der Waals surface area (Å²) in [5.41, 5.74) is -0.179. The number of Topliss-reactive ketones (excluding diaryl/α,β-unsaturated/α-hetero) is 1. The molecule has 0 N–H and O–H groups in total. The molecule has 4 saturated carbocycles. The molecular formula is C22H28ClFO5S. The van der Waals surface area contributed by atoms with E-state index in [1.165, 1.54) is 32.4 Å². The fourth-order valence-electron chi connectivity index (χ4n) is 6.11. The van der Waals surface area contributed by atoms with Crippen LogP contribution in [0.3, 0.4) is 0 Å². The lowest BCUT2D eigenvalue weighted by atomic mass is 9.50. The predicted octanol–water partition coefficient (Wildman–Crippen LogP) is 4.32. The minimum atomic E-state index is -3.68. The van der Waals surface area contributed by atoms with Gasteiger partial charge in [-0.2, -0.15) is 0 Å². The molecule has 0 amide bonds. The number of ketones is 1. The average Bonchev–Trinajstić information content (AvgIpc) is 2.65. The molecule has 0 radical (unpaired) electrons. The van der Waals surface area contributed by atoms with Gasteiger partial charge in [-0.3, -0.25) is 4.79 Å². The molecule has 166 valence electrons. The Labute approximate surface area is 182 Å². The molecule has 0 unspecified atom stereocenters. The van der Waals surface area contributed by atoms with E-state index in [-0.39, 0.29) is 34.1 Å². The summed E-state index contributed by atoms with van der Waals surface area (Å²) in [6.45, 7) is 0.490. The molecule has 4 aliphatic rings. The summed E-state index contributed by atoms with van der Waals surface area (Å²) < 4.78 is 49.2.